The quantitative estimate of drug-likeness (QED) is 0.691. The van der Waals surface area contributed by atoms with E-state index in [1.54, 1.807) is 0 Å². The van der Waals surface area contributed by atoms with Gasteiger partial charge in [0, 0.05) is 55.7 Å². The Bertz CT molecular complexity index is 822. The molecule has 1 fully saturated rings. The van der Waals surface area contributed by atoms with Crippen LogP contribution in [0.4, 0.5) is 0 Å². The summed E-state index contributed by atoms with van der Waals surface area (Å²) < 4.78 is 0.872. The lowest BCUT2D eigenvalue weighted by atomic mass is 10.00. The highest BCUT2D eigenvalue weighted by atomic mass is 79.9. The lowest BCUT2D eigenvalue weighted by molar-refractivity contribution is -0.131. The molecule has 29 heavy (non-hydrogen) atoms. The van der Waals surface area contributed by atoms with Crippen molar-refractivity contribution in [1.82, 2.24) is 15.1 Å². The minimum atomic E-state index is -0.0396. The molecule has 0 saturated carbocycles. The van der Waals surface area contributed by atoms with Gasteiger partial charge in [0.25, 0.3) is 5.91 Å². The number of rotatable bonds is 7. The number of nitrogens with one attached hydrogen (secondary N) is 1. The monoisotopic (exact) mass is 457 g/mol. The fourth-order valence-corrected chi connectivity index (χ4v) is 4.00. The summed E-state index contributed by atoms with van der Waals surface area (Å²) >= 11 is 3.44. The smallest absolute Gasteiger partial charge is 0.253 e. The first kappa shape index (κ1) is 21.5. The van der Waals surface area contributed by atoms with E-state index in [0.29, 0.717) is 25.1 Å². The molecule has 154 valence electrons. The number of nitrogens with zero attached hydrogens (tertiary/aromatic N) is 2. The zero-order valence-corrected chi connectivity index (χ0v) is 18.4. The Labute approximate surface area is 181 Å². The van der Waals surface area contributed by atoms with Gasteiger partial charge in [-0.1, -0.05) is 59.3 Å². The maximum absolute atomic E-state index is 13.2. The first-order chi connectivity index (χ1) is 14.0. The van der Waals surface area contributed by atoms with Crippen molar-refractivity contribution < 1.29 is 9.59 Å². The van der Waals surface area contributed by atoms with E-state index in [9.17, 15) is 9.59 Å². The molecule has 5 nitrogen and oxygen atoms in total. The number of amides is 2. The van der Waals surface area contributed by atoms with E-state index in [1.807, 2.05) is 52.3 Å². The van der Waals surface area contributed by atoms with Crippen LogP contribution in [0.3, 0.4) is 0 Å². The third-order valence-electron chi connectivity index (χ3n) is 5.29. The molecule has 0 radical (unpaired) electrons. The van der Waals surface area contributed by atoms with E-state index in [0.717, 1.165) is 30.7 Å². The van der Waals surface area contributed by atoms with Crippen molar-refractivity contribution in [3.8, 4) is 0 Å². The Morgan fingerprint density at radius 2 is 1.83 bits per heavy atom. The molecule has 2 amide bonds. The van der Waals surface area contributed by atoms with Crippen molar-refractivity contribution in [3.05, 3.63) is 70.2 Å². The molecule has 2 aromatic rings. The molecular weight excluding hydrogens is 430 g/mol. The van der Waals surface area contributed by atoms with Crippen LogP contribution in [-0.2, 0) is 4.79 Å². The van der Waals surface area contributed by atoms with Crippen LogP contribution < -0.4 is 5.32 Å². The molecule has 6 heteroatoms. The third kappa shape index (κ3) is 6.15. The Balaban J connectivity index is 1.71. The van der Waals surface area contributed by atoms with Crippen molar-refractivity contribution in [2.45, 2.75) is 19.3 Å². The van der Waals surface area contributed by atoms with Gasteiger partial charge in [0.1, 0.15) is 0 Å². The number of benzene rings is 2. The molecule has 1 atom stereocenters. The number of carbonyl (C=O) groups excluding carboxylic acids is 2. The summed E-state index contributed by atoms with van der Waals surface area (Å²) in [6.45, 7) is 6.25. The van der Waals surface area contributed by atoms with Crippen LogP contribution in [0.15, 0.2) is 59.1 Å². The molecule has 1 heterocycles. The minimum Gasteiger partial charge on any atom is -0.340 e. The topological polar surface area (TPSA) is 52.7 Å². The molecule has 2 aromatic carbocycles. The molecule has 0 spiro atoms. The third-order valence-corrected chi connectivity index (χ3v) is 5.78. The Kier molecular flexibility index (Phi) is 7.83. The van der Waals surface area contributed by atoms with Gasteiger partial charge < -0.3 is 15.1 Å². The van der Waals surface area contributed by atoms with Gasteiger partial charge in [-0.3, -0.25) is 9.59 Å². The molecule has 0 unspecified atom stereocenters. The average Bonchev–Trinajstić information content (AvgIpc) is 2.77. The highest BCUT2D eigenvalue weighted by Gasteiger charge is 2.22. The number of hydrogen-bond acceptors (Lipinski definition) is 3. The van der Waals surface area contributed by atoms with E-state index >= 15 is 0 Å². The molecule has 0 aromatic heterocycles. The number of carbonyl (C=O) groups is 2. The van der Waals surface area contributed by atoms with E-state index in [-0.39, 0.29) is 17.7 Å². The van der Waals surface area contributed by atoms with Gasteiger partial charge >= 0.3 is 0 Å². The molecule has 3 rings (SSSR count). The Morgan fingerprint density at radius 3 is 2.52 bits per heavy atom. The molecule has 1 aliphatic rings. The predicted octanol–water partition coefficient (Wildman–Crippen LogP) is 3.52. The van der Waals surface area contributed by atoms with Crippen LogP contribution in [0.5, 0.6) is 0 Å². The highest BCUT2D eigenvalue weighted by molar-refractivity contribution is 9.10. The summed E-state index contributed by atoms with van der Waals surface area (Å²) in [5.74, 6) is 0.259. The number of hydrogen-bond donors (Lipinski definition) is 1. The second kappa shape index (κ2) is 10.6. The van der Waals surface area contributed by atoms with Crippen LogP contribution in [0.25, 0.3) is 0 Å². The van der Waals surface area contributed by atoms with Gasteiger partial charge in [0.05, 0.1) is 0 Å². The highest BCUT2D eigenvalue weighted by Crippen LogP contribution is 2.19. The van der Waals surface area contributed by atoms with Gasteiger partial charge in [0.15, 0.2) is 0 Å². The molecule has 0 bridgehead atoms. The molecular formula is C23H28BrN3O2. The van der Waals surface area contributed by atoms with E-state index < -0.39 is 0 Å². The lowest BCUT2D eigenvalue weighted by Crippen LogP contribution is -2.47. The van der Waals surface area contributed by atoms with Gasteiger partial charge in [-0.25, -0.2) is 0 Å². The molecule has 1 aliphatic heterocycles. The van der Waals surface area contributed by atoms with Crippen LogP contribution in [0.2, 0.25) is 0 Å². The first-order valence-electron chi connectivity index (χ1n) is 10.1. The summed E-state index contributed by atoms with van der Waals surface area (Å²) in [7, 11) is 0. The van der Waals surface area contributed by atoms with Crippen molar-refractivity contribution >= 4 is 27.7 Å². The Morgan fingerprint density at radius 1 is 1.10 bits per heavy atom. The van der Waals surface area contributed by atoms with Crippen LogP contribution in [-0.4, -0.2) is 60.9 Å². The Hall–Kier alpha value is -2.18. The zero-order chi connectivity index (χ0) is 20.6. The SMILES string of the molecule is C[C@@H](CN(CCC(=O)N1CCNCC1)C(=O)c1cccc(Br)c1)c1ccccc1. The fraction of sp³-hybridized carbons (Fsp3) is 0.391. The summed E-state index contributed by atoms with van der Waals surface area (Å²) in [5, 5.41) is 3.26. The van der Waals surface area contributed by atoms with E-state index in [2.05, 4.69) is 40.3 Å². The van der Waals surface area contributed by atoms with Crippen molar-refractivity contribution in [1.29, 1.82) is 0 Å². The summed E-state index contributed by atoms with van der Waals surface area (Å²) in [4.78, 5) is 29.6. The van der Waals surface area contributed by atoms with Gasteiger partial charge in [0.2, 0.25) is 5.91 Å². The second-order valence-electron chi connectivity index (χ2n) is 7.45. The maximum Gasteiger partial charge on any atom is 0.253 e. The van der Waals surface area contributed by atoms with Crippen molar-refractivity contribution in [3.63, 3.8) is 0 Å². The first-order valence-corrected chi connectivity index (χ1v) is 10.9. The number of halogens is 1. The lowest BCUT2D eigenvalue weighted by Gasteiger charge is -2.30. The van der Waals surface area contributed by atoms with Crippen molar-refractivity contribution in [2.24, 2.45) is 0 Å². The van der Waals surface area contributed by atoms with E-state index in [4.69, 9.17) is 0 Å². The summed E-state index contributed by atoms with van der Waals surface area (Å²) in [5.41, 5.74) is 1.82. The maximum atomic E-state index is 13.2. The molecule has 1 saturated heterocycles. The van der Waals surface area contributed by atoms with Crippen LogP contribution >= 0.6 is 15.9 Å². The van der Waals surface area contributed by atoms with Gasteiger partial charge in [-0.15, -0.1) is 0 Å². The van der Waals surface area contributed by atoms with Crippen LogP contribution in [0, 0.1) is 0 Å². The second-order valence-corrected chi connectivity index (χ2v) is 8.37. The molecule has 1 N–H and O–H groups in total. The normalized spacial score (nSPS) is 15.0. The summed E-state index contributed by atoms with van der Waals surface area (Å²) in [6, 6.07) is 17.6. The standard InChI is InChI=1S/C23H28BrN3O2/c1-18(19-6-3-2-4-7-19)17-27(23(29)20-8-5-9-21(24)16-20)13-10-22(28)26-14-11-25-12-15-26/h2-9,16,18,25H,10-15,17H2,1H3/t18-/m0/s1. The van der Waals surface area contributed by atoms with Gasteiger partial charge in [-0.2, -0.15) is 0 Å². The minimum absolute atomic E-state index is 0.0396. The van der Waals surface area contributed by atoms with Gasteiger partial charge in [-0.05, 0) is 29.7 Å². The molecule has 0 aliphatic carbocycles. The predicted molar refractivity (Wildman–Crippen MR) is 119 cm³/mol. The van der Waals surface area contributed by atoms with Crippen molar-refractivity contribution in [2.75, 3.05) is 39.3 Å². The number of piperazine rings is 1. The van der Waals surface area contributed by atoms with Crippen LogP contribution in [0.1, 0.15) is 35.2 Å². The largest absolute Gasteiger partial charge is 0.340 e. The summed E-state index contributed by atoms with van der Waals surface area (Å²) in [6.07, 6.45) is 0.348. The zero-order valence-electron chi connectivity index (χ0n) is 16.8. The van der Waals surface area contributed by atoms with E-state index in [1.165, 1.54) is 5.56 Å². The fourth-order valence-electron chi connectivity index (χ4n) is 3.60. The average molecular weight is 458 g/mol.